The van der Waals surface area contributed by atoms with Crippen molar-refractivity contribution in [3.05, 3.63) is 0 Å². The monoisotopic (exact) mass is 214 g/mol. The zero-order valence-corrected chi connectivity index (χ0v) is 9.11. The lowest BCUT2D eigenvalue weighted by Gasteiger charge is -2.47. The van der Waals surface area contributed by atoms with Crippen LogP contribution >= 0.6 is 0 Å². The number of hydrogen-bond acceptors (Lipinski definition) is 3. The van der Waals surface area contributed by atoms with Crippen LogP contribution in [0.25, 0.3) is 0 Å². The number of nitrogens with zero attached hydrogens (tertiary/aromatic N) is 2. The lowest BCUT2D eigenvalue weighted by atomic mass is 9.92. The number of rotatable bonds is 1. The summed E-state index contributed by atoms with van der Waals surface area (Å²) < 4.78 is 5.18. The Hall–Kier alpha value is -0.810. The zero-order valence-electron chi connectivity index (χ0n) is 9.11. The predicted molar refractivity (Wildman–Crippen MR) is 54.6 cm³/mol. The first kappa shape index (κ1) is 10.7. The van der Waals surface area contributed by atoms with E-state index >= 15 is 0 Å². The van der Waals surface area contributed by atoms with Crippen LogP contribution < -0.4 is 0 Å². The third-order valence-electron chi connectivity index (χ3n) is 3.18. The fourth-order valence-corrected chi connectivity index (χ4v) is 1.98. The van der Waals surface area contributed by atoms with Gasteiger partial charge in [-0.25, -0.2) is 4.79 Å². The van der Waals surface area contributed by atoms with Gasteiger partial charge in [-0.3, -0.25) is 0 Å². The third-order valence-corrected chi connectivity index (χ3v) is 3.18. The van der Waals surface area contributed by atoms with Gasteiger partial charge in [0.25, 0.3) is 0 Å². The molecule has 86 valence electrons. The summed E-state index contributed by atoms with van der Waals surface area (Å²) in [6, 6.07) is 0.0384. The van der Waals surface area contributed by atoms with E-state index in [1.165, 1.54) is 0 Å². The summed E-state index contributed by atoms with van der Waals surface area (Å²) in [6.45, 7) is 5.46. The van der Waals surface area contributed by atoms with E-state index in [-0.39, 0.29) is 6.03 Å². The second-order valence-electron chi connectivity index (χ2n) is 4.32. The highest BCUT2D eigenvalue weighted by atomic mass is 16.5. The van der Waals surface area contributed by atoms with Gasteiger partial charge < -0.3 is 19.6 Å². The molecular weight excluding hydrogens is 196 g/mol. The molecule has 0 atom stereocenters. The van der Waals surface area contributed by atoms with E-state index < -0.39 is 5.60 Å². The SMILES string of the molecule is CCC1(O)CN(C(=O)N2CCOCC2)C1. The van der Waals surface area contributed by atoms with Crippen molar-refractivity contribution in [2.75, 3.05) is 39.4 Å². The highest BCUT2D eigenvalue weighted by Crippen LogP contribution is 2.25. The molecule has 1 N–H and O–H groups in total. The second kappa shape index (κ2) is 3.98. The molecule has 2 rings (SSSR count). The van der Waals surface area contributed by atoms with Gasteiger partial charge in [0.05, 0.1) is 31.9 Å². The van der Waals surface area contributed by atoms with Crippen molar-refractivity contribution in [2.24, 2.45) is 0 Å². The summed E-state index contributed by atoms with van der Waals surface area (Å²) >= 11 is 0. The van der Waals surface area contributed by atoms with Crippen molar-refractivity contribution in [3.8, 4) is 0 Å². The number of aliphatic hydroxyl groups is 1. The van der Waals surface area contributed by atoms with Crippen LogP contribution in [0.4, 0.5) is 4.79 Å². The first-order valence-electron chi connectivity index (χ1n) is 5.48. The number of morpholine rings is 1. The van der Waals surface area contributed by atoms with E-state index in [2.05, 4.69) is 0 Å². The third kappa shape index (κ3) is 2.08. The molecule has 0 spiro atoms. The van der Waals surface area contributed by atoms with E-state index in [1.54, 1.807) is 9.80 Å². The molecular formula is C10H18N2O3. The molecule has 15 heavy (non-hydrogen) atoms. The Kier molecular flexibility index (Phi) is 2.84. The van der Waals surface area contributed by atoms with E-state index in [0.717, 1.165) is 0 Å². The molecule has 0 bridgehead atoms. The molecule has 2 heterocycles. The topological polar surface area (TPSA) is 53.0 Å². The van der Waals surface area contributed by atoms with Crippen LogP contribution in [-0.4, -0.2) is 65.9 Å². The van der Waals surface area contributed by atoms with Crippen LogP contribution in [0.1, 0.15) is 13.3 Å². The van der Waals surface area contributed by atoms with E-state index in [4.69, 9.17) is 4.74 Å². The smallest absolute Gasteiger partial charge is 0.320 e. The molecule has 2 fully saturated rings. The number of ether oxygens (including phenoxy) is 1. The number of likely N-dealkylation sites (tertiary alicyclic amines) is 1. The number of hydrogen-bond donors (Lipinski definition) is 1. The van der Waals surface area contributed by atoms with Gasteiger partial charge in [0.2, 0.25) is 0 Å². The summed E-state index contributed by atoms with van der Waals surface area (Å²) in [5, 5.41) is 9.80. The van der Waals surface area contributed by atoms with Crippen LogP contribution in [0.2, 0.25) is 0 Å². The highest BCUT2D eigenvalue weighted by molar-refractivity contribution is 5.75. The lowest BCUT2D eigenvalue weighted by Crippen LogP contribution is -2.66. The molecule has 2 aliphatic rings. The molecule has 2 aliphatic heterocycles. The maximum absolute atomic E-state index is 11.9. The van der Waals surface area contributed by atoms with Gasteiger partial charge in [0, 0.05) is 13.1 Å². The number of amides is 2. The minimum atomic E-state index is -0.637. The van der Waals surface area contributed by atoms with E-state index in [0.29, 0.717) is 45.8 Å². The van der Waals surface area contributed by atoms with Crippen molar-refractivity contribution in [1.82, 2.24) is 9.80 Å². The summed E-state index contributed by atoms with van der Waals surface area (Å²) in [5.74, 6) is 0. The molecule has 0 radical (unpaired) electrons. The first-order valence-corrected chi connectivity index (χ1v) is 5.48. The molecule has 0 aromatic rings. The molecule has 5 nitrogen and oxygen atoms in total. The Balaban J connectivity index is 1.83. The Morgan fingerprint density at radius 3 is 2.47 bits per heavy atom. The van der Waals surface area contributed by atoms with Gasteiger partial charge in [0.1, 0.15) is 0 Å². The Bertz CT molecular complexity index is 245. The van der Waals surface area contributed by atoms with Crippen LogP contribution in [0.5, 0.6) is 0 Å². The zero-order chi connectivity index (χ0) is 10.9. The molecule has 0 aromatic heterocycles. The molecule has 5 heteroatoms. The van der Waals surface area contributed by atoms with Crippen molar-refractivity contribution < 1.29 is 14.6 Å². The summed E-state index contributed by atoms with van der Waals surface area (Å²) in [7, 11) is 0. The first-order chi connectivity index (χ1) is 7.14. The standard InChI is InChI=1S/C10H18N2O3/c1-2-10(14)7-12(8-10)9(13)11-3-5-15-6-4-11/h14H,2-8H2,1H3. The minimum Gasteiger partial charge on any atom is -0.386 e. The lowest BCUT2D eigenvalue weighted by molar-refractivity contribution is -0.0859. The van der Waals surface area contributed by atoms with Crippen molar-refractivity contribution >= 4 is 6.03 Å². The molecule has 0 aromatic carbocycles. The van der Waals surface area contributed by atoms with Crippen LogP contribution in [-0.2, 0) is 4.74 Å². The fourth-order valence-electron chi connectivity index (χ4n) is 1.98. The van der Waals surface area contributed by atoms with Gasteiger partial charge in [-0.05, 0) is 6.42 Å². The molecule has 0 unspecified atom stereocenters. The highest BCUT2D eigenvalue weighted by Gasteiger charge is 2.43. The normalized spacial score (nSPS) is 24.9. The second-order valence-corrected chi connectivity index (χ2v) is 4.32. The van der Waals surface area contributed by atoms with Crippen molar-refractivity contribution in [1.29, 1.82) is 0 Å². The van der Waals surface area contributed by atoms with Gasteiger partial charge >= 0.3 is 6.03 Å². The summed E-state index contributed by atoms with van der Waals surface area (Å²) in [4.78, 5) is 15.4. The summed E-state index contributed by atoms with van der Waals surface area (Å²) in [6.07, 6.45) is 0.708. The number of carbonyl (C=O) groups excluding carboxylic acids is 1. The number of carbonyl (C=O) groups is 1. The van der Waals surface area contributed by atoms with Gasteiger partial charge in [0.15, 0.2) is 0 Å². The van der Waals surface area contributed by atoms with Gasteiger partial charge in [-0.2, -0.15) is 0 Å². The largest absolute Gasteiger partial charge is 0.386 e. The molecule has 0 aliphatic carbocycles. The maximum Gasteiger partial charge on any atom is 0.320 e. The van der Waals surface area contributed by atoms with Crippen molar-refractivity contribution in [3.63, 3.8) is 0 Å². The Morgan fingerprint density at radius 1 is 1.33 bits per heavy atom. The van der Waals surface area contributed by atoms with Crippen LogP contribution in [0.15, 0.2) is 0 Å². The Morgan fingerprint density at radius 2 is 1.93 bits per heavy atom. The number of β-amino-alcohol motifs (C(OH)–C–C–N with tert-alkyl or cyclic N) is 1. The van der Waals surface area contributed by atoms with Crippen molar-refractivity contribution in [2.45, 2.75) is 18.9 Å². The molecule has 0 saturated carbocycles. The molecule has 2 amide bonds. The maximum atomic E-state index is 11.9. The quantitative estimate of drug-likeness (QED) is 0.663. The Labute approximate surface area is 89.6 Å². The predicted octanol–water partition coefficient (Wildman–Crippen LogP) is -0.105. The fraction of sp³-hybridized carbons (Fsp3) is 0.900. The molecule has 2 saturated heterocycles. The average molecular weight is 214 g/mol. The van der Waals surface area contributed by atoms with Crippen LogP contribution in [0, 0.1) is 0 Å². The van der Waals surface area contributed by atoms with Crippen LogP contribution in [0.3, 0.4) is 0 Å². The van der Waals surface area contributed by atoms with Gasteiger partial charge in [-0.15, -0.1) is 0 Å². The summed E-state index contributed by atoms with van der Waals surface area (Å²) in [5.41, 5.74) is -0.637. The van der Waals surface area contributed by atoms with E-state index in [1.807, 2.05) is 6.92 Å². The minimum absolute atomic E-state index is 0.0384. The van der Waals surface area contributed by atoms with E-state index in [9.17, 15) is 9.90 Å². The average Bonchev–Trinajstić information content (AvgIpc) is 2.25. The van der Waals surface area contributed by atoms with Gasteiger partial charge in [-0.1, -0.05) is 6.92 Å². The number of urea groups is 1.